The summed E-state index contributed by atoms with van der Waals surface area (Å²) in [6.45, 7) is 12.0. The van der Waals surface area contributed by atoms with Crippen molar-refractivity contribution in [1.82, 2.24) is 29.2 Å². The molecule has 0 unspecified atom stereocenters. The van der Waals surface area contributed by atoms with Crippen LogP contribution in [0.3, 0.4) is 0 Å². The number of hydrogen-bond donors (Lipinski definition) is 2. The topological polar surface area (TPSA) is 108 Å². The highest BCUT2D eigenvalue weighted by Gasteiger charge is 2.20. The van der Waals surface area contributed by atoms with Gasteiger partial charge in [0.05, 0.1) is 13.2 Å². The fourth-order valence-electron chi connectivity index (χ4n) is 4.87. The zero-order valence-corrected chi connectivity index (χ0v) is 23.6. The SMILES string of the molecule is C=CCn1c(=O)c2cnc(Nc3ccc(N4CCN(C)CC4)c(CO)c3)nc2n1-c1cccc(N(C)C(C)C)n1. The first-order chi connectivity index (χ1) is 19.3. The van der Waals surface area contributed by atoms with Gasteiger partial charge >= 0.3 is 0 Å². The number of likely N-dealkylation sites (N-methyl/N-ethyl adjacent to an activating group) is 1. The minimum atomic E-state index is -0.218. The number of aliphatic hydroxyl groups excluding tert-OH is 1. The smallest absolute Gasteiger partial charge is 0.278 e. The third-order valence-electron chi connectivity index (χ3n) is 7.40. The van der Waals surface area contributed by atoms with Gasteiger partial charge in [-0.2, -0.15) is 4.98 Å². The summed E-state index contributed by atoms with van der Waals surface area (Å²) >= 11 is 0. The van der Waals surface area contributed by atoms with E-state index in [1.54, 1.807) is 21.6 Å². The first-order valence-electron chi connectivity index (χ1n) is 13.5. The summed E-state index contributed by atoms with van der Waals surface area (Å²) in [6, 6.07) is 11.9. The van der Waals surface area contributed by atoms with E-state index in [1.807, 2.05) is 43.4 Å². The number of anilines is 4. The summed E-state index contributed by atoms with van der Waals surface area (Å²) in [5.41, 5.74) is 2.84. The number of nitrogens with zero attached hydrogens (tertiary/aromatic N) is 8. The zero-order valence-electron chi connectivity index (χ0n) is 23.6. The number of hydrogen-bond acceptors (Lipinski definition) is 9. The molecule has 0 aliphatic carbocycles. The van der Waals surface area contributed by atoms with Gasteiger partial charge in [-0.1, -0.05) is 12.1 Å². The molecule has 3 aromatic heterocycles. The first-order valence-corrected chi connectivity index (χ1v) is 13.5. The second kappa shape index (κ2) is 11.5. The van der Waals surface area contributed by atoms with E-state index in [0.29, 0.717) is 22.8 Å². The second-order valence-corrected chi connectivity index (χ2v) is 10.4. The van der Waals surface area contributed by atoms with E-state index in [4.69, 9.17) is 9.97 Å². The van der Waals surface area contributed by atoms with Crippen LogP contribution in [0.5, 0.6) is 0 Å². The minimum Gasteiger partial charge on any atom is -0.392 e. The summed E-state index contributed by atoms with van der Waals surface area (Å²) in [5.74, 6) is 1.70. The van der Waals surface area contributed by atoms with Crippen molar-refractivity contribution in [2.75, 3.05) is 55.4 Å². The summed E-state index contributed by atoms with van der Waals surface area (Å²) in [4.78, 5) is 34.0. The molecule has 0 saturated carbocycles. The molecule has 4 aromatic rings. The molecule has 2 N–H and O–H groups in total. The standard InChI is InChI=1S/C29H37N9O2/c1-6-12-37-28(40)23-18-30-29(33-27(23)38(37)26-9-7-8-25(32-26)35(5)20(2)3)31-22-10-11-24(21(17-22)19-39)36-15-13-34(4)14-16-36/h6-11,17-18,20,39H,1,12-16,19H2,2-5H3,(H,30,31,33). The van der Waals surface area contributed by atoms with Gasteiger partial charge in [0, 0.05) is 62.4 Å². The van der Waals surface area contributed by atoms with Gasteiger partial charge in [0.1, 0.15) is 11.2 Å². The molecule has 0 atom stereocenters. The molecule has 1 aliphatic rings. The quantitative estimate of drug-likeness (QED) is 0.308. The third kappa shape index (κ3) is 5.30. The number of pyridine rings is 1. The molecule has 0 radical (unpaired) electrons. The monoisotopic (exact) mass is 543 g/mol. The number of fused-ring (bicyclic) bond motifs is 1. The van der Waals surface area contributed by atoms with Crippen LogP contribution in [-0.4, -0.2) is 80.6 Å². The van der Waals surface area contributed by atoms with Crippen molar-refractivity contribution >= 4 is 34.2 Å². The molecule has 1 aliphatic heterocycles. The summed E-state index contributed by atoms with van der Waals surface area (Å²) in [7, 11) is 4.11. The Hall–Kier alpha value is -4.22. The van der Waals surface area contributed by atoms with Crippen LogP contribution in [0.15, 0.2) is 60.0 Å². The van der Waals surface area contributed by atoms with E-state index in [-0.39, 0.29) is 24.8 Å². The first kappa shape index (κ1) is 27.4. The fraction of sp³-hybridized carbons (Fsp3) is 0.379. The lowest BCUT2D eigenvalue weighted by Gasteiger charge is -2.35. The molecule has 1 aromatic carbocycles. The number of piperazine rings is 1. The largest absolute Gasteiger partial charge is 0.392 e. The van der Waals surface area contributed by atoms with Gasteiger partial charge in [-0.25, -0.2) is 19.3 Å². The lowest BCUT2D eigenvalue weighted by molar-refractivity contribution is 0.280. The Bertz CT molecular complexity index is 1570. The maximum Gasteiger partial charge on any atom is 0.278 e. The predicted molar refractivity (Wildman–Crippen MR) is 160 cm³/mol. The van der Waals surface area contributed by atoms with Crippen LogP contribution >= 0.6 is 0 Å². The van der Waals surface area contributed by atoms with Crippen LogP contribution in [0.2, 0.25) is 0 Å². The minimum absolute atomic E-state index is 0.0755. The summed E-state index contributed by atoms with van der Waals surface area (Å²) in [6.07, 6.45) is 3.21. The van der Waals surface area contributed by atoms with Crippen LogP contribution in [-0.2, 0) is 13.2 Å². The average molecular weight is 544 g/mol. The van der Waals surface area contributed by atoms with Crippen molar-refractivity contribution in [3.05, 3.63) is 71.2 Å². The Labute approximate surface area is 234 Å². The van der Waals surface area contributed by atoms with Crippen molar-refractivity contribution in [3.8, 4) is 5.82 Å². The molecule has 1 fully saturated rings. The number of aliphatic hydroxyl groups is 1. The van der Waals surface area contributed by atoms with Crippen LogP contribution in [0.4, 0.5) is 23.1 Å². The average Bonchev–Trinajstić information content (AvgIpc) is 3.23. The molecule has 11 nitrogen and oxygen atoms in total. The molecule has 0 spiro atoms. The van der Waals surface area contributed by atoms with Crippen LogP contribution < -0.4 is 20.7 Å². The third-order valence-corrected chi connectivity index (χ3v) is 7.40. The summed E-state index contributed by atoms with van der Waals surface area (Å²) in [5, 5.41) is 13.8. The van der Waals surface area contributed by atoms with Crippen molar-refractivity contribution in [1.29, 1.82) is 0 Å². The van der Waals surface area contributed by atoms with Gasteiger partial charge in [-0.3, -0.25) is 4.79 Å². The zero-order chi connectivity index (χ0) is 28.4. The Morgan fingerprint density at radius 2 is 1.93 bits per heavy atom. The molecule has 4 heterocycles. The number of benzene rings is 1. The van der Waals surface area contributed by atoms with Crippen LogP contribution in [0.25, 0.3) is 16.9 Å². The van der Waals surface area contributed by atoms with E-state index >= 15 is 0 Å². The molecule has 5 rings (SSSR count). The molecule has 11 heteroatoms. The van der Waals surface area contributed by atoms with E-state index in [2.05, 4.69) is 52.5 Å². The molecule has 0 amide bonds. The number of nitrogens with one attached hydrogen (secondary N) is 1. The number of allylic oxidation sites excluding steroid dienone is 1. The van der Waals surface area contributed by atoms with E-state index in [0.717, 1.165) is 48.9 Å². The second-order valence-electron chi connectivity index (χ2n) is 10.4. The normalized spacial score (nSPS) is 14.2. The van der Waals surface area contributed by atoms with E-state index < -0.39 is 0 Å². The van der Waals surface area contributed by atoms with Gasteiger partial charge in [0.15, 0.2) is 11.5 Å². The maximum atomic E-state index is 13.3. The Morgan fingerprint density at radius 3 is 2.62 bits per heavy atom. The highest BCUT2D eigenvalue weighted by atomic mass is 16.3. The Morgan fingerprint density at radius 1 is 1.15 bits per heavy atom. The predicted octanol–water partition coefficient (Wildman–Crippen LogP) is 3.00. The fourth-order valence-corrected chi connectivity index (χ4v) is 4.87. The van der Waals surface area contributed by atoms with Crippen molar-refractivity contribution in [2.24, 2.45) is 0 Å². The van der Waals surface area contributed by atoms with Crippen LogP contribution in [0, 0.1) is 0 Å². The van der Waals surface area contributed by atoms with E-state index in [9.17, 15) is 9.90 Å². The Balaban J connectivity index is 1.53. The van der Waals surface area contributed by atoms with Crippen molar-refractivity contribution in [2.45, 2.75) is 33.0 Å². The Kier molecular flexibility index (Phi) is 7.85. The van der Waals surface area contributed by atoms with Gasteiger partial charge < -0.3 is 25.1 Å². The van der Waals surface area contributed by atoms with Gasteiger partial charge in [-0.05, 0) is 51.2 Å². The molecule has 1 saturated heterocycles. The molecule has 0 bridgehead atoms. The highest BCUT2D eigenvalue weighted by Crippen LogP contribution is 2.27. The number of rotatable bonds is 9. The molecular formula is C29H37N9O2. The van der Waals surface area contributed by atoms with Gasteiger partial charge in [-0.15, -0.1) is 6.58 Å². The molecule has 210 valence electrons. The van der Waals surface area contributed by atoms with Crippen LogP contribution in [0.1, 0.15) is 19.4 Å². The maximum absolute atomic E-state index is 13.3. The van der Waals surface area contributed by atoms with Gasteiger partial charge in [0.25, 0.3) is 5.56 Å². The van der Waals surface area contributed by atoms with Gasteiger partial charge in [0.2, 0.25) is 5.95 Å². The number of aromatic nitrogens is 5. The summed E-state index contributed by atoms with van der Waals surface area (Å²) < 4.78 is 3.28. The van der Waals surface area contributed by atoms with E-state index in [1.165, 1.54) is 0 Å². The molecule has 40 heavy (non-hydrogen) atoms. The van der Waals surface area contributed by atoms with Crippen molar-refractivity contribution in [3.63, 3.8) is 0 Å². The molecular weight excluding hydrogens is 506 g/mol. The lowest BCUT2D eigenvalue weighted by atomic mass is 10.1. The lowest BCUT2D eigenvalue weighted by Crippen LogP contribution is -2.44. The van der Waals surface area contributed by atoms with Crippen molar-refractivity contribution < 1.29 is 5.11 Å². The highest BCUT2D eigenvalue weighted by molar-refractivity contribution is 5.77.